The fourth-order valence-corrected chi connectivity index (χ4v) is 4.57. The smallest absolute Gasteiger partial charge is 0.241 e. The van der Waals surface area contributed by atoms with Crippen molar-refractivity contribution in [2.45, 2.75) is 24.8 Å². The monoisotopic (exact) mass is 433 g/mol. The van der Waals surface area contributed by atoms with E-state index >= 15 is 0 Å². The van der Waals surface area contributed by atoms with Gasteiger partial charge in [0.15, 0.2) is 17.3 Å². The summed E-state index contributed by atoms with van der Waals surface area (Å²) in [6.07, 6.45) is 0.948. The molecule has 0 unspecified atom stereocenters. The van der Waals surface area contributed by atoms with Gasteiger partial charge in [0.05, 0.1) is 14.2 Å². The van der Waals surface area contributed by atoms with Gasteiger partial charge in [-0.2, -0.15) is 4.98 Å². The van der Waals surface area contributed by atoms with Crippen molar-refractivity contribution in [1.82, 2.24) is 14.8 Å². The zero-order chi connectivity index (χ0) is 22.4. The molecule has 1 aliphatic heterocycles. The highest BCUT2D eigenvalue weighted by Crippen LogP contribution is 2.45. The van der Waals surface area contributed by atoms with Crippen molar-refractivity contribution in [3.05, 3.63) is 64.9 Å². The number of carbonyl (C=O) groups is 1. The second kappa shape index (κ2) is 7.60. The summed E-state index contributed by atoms with van der Waals surface area (Å²) in [4.78, 5) is 17.8. The third-order valence-electron chi connectivity index (χ3n) is 6.00. The number of nitrogens with zero attached hydrogens (tertiary/aromatic N) is 3. The highest BCUT2D eigenvalue weighted by atomic mass is 16.5. The van der Waals surface area contributed by atoms with Gasteiger partial charge in [0.1, 0.15) is 11.8 Å². The maximum atomic E-state index is 13.5. The van der Waals surface area contributed by atoms with E-state index in [-0.39, 0.29) is 23.4 Å². The quantitative estimate of drug-likeness (QED) is 0.574. The number of carbonyl (C=O) groups excluding carboxylic acids is 1. The van der Waals surface area contributed by atoms with E-state index in [1.165, 1.54) is 0 Å². The maximum Gasteiger partial charge on any atom is 0.241 e. The summed E-state index contributed by atoms with van der Waals surface area (Å²) < 4.78 is 12.4. The first-order chi connectivity index (χ1) is 15.5. The minimum Gasteiger partial charge on any atom is -0.508 e. The Morgan fingerprint density at radius 2 is 1.91 bits per heavy atom. The van der Waals surface area contributed by atoms with Gasteiger partial charge in [-0.15, -0.1) is 5.10 Å². The maximum absolute atomic E-state index is 13.5. The number of aromatic hydroxyl groups is 1. The Morgan fingerprint density at radius 3 is 2.66 bits per heavy atom. The summed E-state index contributed by atoms with van der Waals surface area (Å²) in [5.41, 5.74) is 9.00. The molecular weight excluding hydrogens is 410 g/mol. The van der Waals surface area contributed by atoms with Crippen LogP contribution in [0.4, 0.5) is 11.9 Å². The van der Waals surface area contributed by atoms with Gasteiger partial charge in [-0.3, -0.25) is 4.79 Å². The van der Waals surface area contributed by atoms with Crippen molar-refractivity contribution >= 4 is 17.7 Å². The lowest BCUT2D eigenvalue weighted by Crippen LogP contribution is -2.33. The van der Waals surface area contributed by atoms with Crippen LogP contribution in [0.15, 0.2) is 53.7 Å². The van der Waals surface area contributed by atoms with Gasteiger partial charge in [0.25, 0.3) is 0 Å². The fourth-order valence-electron chi connectivity index (χ4n) is 4.57. The number of aromatic nitrogens is 3. The number of ketones is 1. The molecule has 2 aliphatic rings. The molecule has 0 saturated heterocycles. The first-order valence-electron chi connectivity index (χ1n) is 10.2. The van der Waals surface area contributed by atoms with Gasteiger partial charge in [-0.1, -0.05) is 18.2 Å². The van der Waals surface area contributed by atoms with Crippen molar-refractivity contribution in [2.75, 3.05) is 25.3 Å². The highest BCUT2D eigenvalue weighted by molar-refractivity contribution is 6.00. The van der Waals surface area contributed by atoms with Crippen molar-refractivity contribution < 1.29 is 19.4 Å². The summed E-state index contributed by atoms with van der Waals surface area (Å²) in [5, 5.41) is 17.6. The van der Waals surface area contributed by atoms with E-state index in [1.807, 2.05) is 24.3 Å². The minimum absolute atomic E-state index is 0.00611. The van der Waals surface area contributed by atoms with Gasteiger partial charge in [0, 0.05) is 17.7 Å². The Bertz CT molecular complexity index is 1250. The van der Waals surface area contributed by atoms with E-state index in [0.717, 1.165) is 16.8 Å². The Morgan fingerprint density at radius 1 is 1.09 bits per heavy atom. The van der Waals surface area contributed by atoms with Crippen LogP contribution in [0.25, 0.3) is 0 Å². The molecule has 0 bridgehead atoms. The molecule has 0 spiro atoms. The number of hydrogen-bond acceptors (Lipinski definition) is 8. The minimum atomic E-state index is -0.517. The first-order valence-corrected chi connectivity index (χ1v) is 10.2. The number of Topliss-reactive ketones (excluding diaryl/α,β-unsaturated/α-hetero) is 1. The number of methoxy groups -OCH3 is 2. The average Bonchev–Trinajstić information content (AvgIpc) is 3.16. The van der Waals surface area contributed by atoms with Crippen molar-refractivity contribution in [3.8, 4) is 17.2 Å². The Labute approximate surface area is 184 Å². The largest absolute Gasteiger partial charge is 0.508 e. The molecule has 2 aromatic carbocycles. The van der Waals surface area contributed by atoms with Crippen LogP contribution in [0, 0.1) is 0 Å². The number of nitrogens with two attached hydrogens (primary N) is 1. The predicted molar refractivity (Wildman–Crippen MR) is 118 cm³/mol. The molecule has 5 rings (SSSR count). The second-order valence-corrected chi connectivity index (χ2v) is 7.90. The molecule has 32 heavy (non-hydrogen) atoms. The molecule has 0 radical (unpaired) electrons. The summed E-state index contributed by atoms with van der Waals surface area (Å²) >= 11 is 0. The number of phenols is 1. The highest BCUT2D eigenvalue weighted by Gasteiger charge is 2.39. The van der Waals surface area contributed by atoms with Crippen LogP contribution in [0.3, 0.4) is 0 Å². The van der Waals surface area contributed by atoms with Gasteiger partial charge in [0.2, 0.25) is 11.9 Å². The SMILES string of the molecule is COc1ccc([C@H]2CC(=O)C3=C(C2)Nc2nc(N)nn2[C@@H]3c2cccc(O)c2)cc1OC. The van der Waals surface area contributed by atoms with E-state index in [9.17, 15) is 9.90 Å². The molecule has 9 nitrogen and oxygen atoms in total. The molecule has 3 aromatic rings. The van der Waals surface area contributed by atoms with E-state index in [1.54, 1.807) is 37.1 Å². The topological polar surface area (TPSA) is 125 Å². The zero-order valence-electron chi connectivity index (χ0n) is 17.7. The fraction of sp³-hybridized carbons (Fsp3) is 0.261. The summed E-state index contributed by atoms with van der Waals surface area (Å²) in [5.74, 6) is 1.93. The van der Waals surface area contributed by atoms with Crippen LogP contribution in [0.5, 0.6) is 17.2 Å². The molecule has 0 fully saturated rings. The van der Waals surface area contributed by atoms with E-state index in [2.05, 4.69) is 15.4 Å². The molecule has 1 aromatic heterocycles. The summed E-state index contributed by atoms with van der Waals surface area (Å²) in [6.45, 7) is 0. The number of hydrogen-bond donors (Lipinski definition) is 3. The van der Waals surface area contributed by atoms with E-state index < -0.39 is 6.04 Å². The number of allylic oxidation sites excluding steroid dienone is 2. The number of ether oxygens (including phenoxy) is 2. The summed E-state index contributed by atoms with van der Waals surface area (Å²) in [6, 6.07) is 12.0. The van der Waals surface area contributed by atoms with Crippen LogP contribution in [-0.2, 0) is 4.79 Å². The predicted octanol–water partition coefficient (Wildman–Crippen LogP) is 3.00. The molecule has 9 heteroatoms. The van der Waals surface area contributed by atoms with Crippen LogP contribution in [0.1, 0.15) is 35.9 Å². The van der Waals surface area contributed by atoms with Gasteiger partial charge in [-0.05, 0) is 47.7 Å². The molecule has 2 heterocycles. The van der Waals surface area contributed by atoms with Gasteiger partial charge >= 0.3 is 0 Å². The molecule has 1 aliphatic carbocycles. The molecular formula is C23H23N5O4. The number of phenolic OH excluding ortho intramolecular Hbond substituents is 1. The average molecular weight is 433 g/mol. The molecule has 4 N–H and O–H groups in total. The lowest BCUT2D eigenvalue weighted by atomic mass is 9.78. The third-order valence-corrected chi connectivity index (χ3v) is 6.00. The molecule has 0 amide bonds. The van der Waals surface area contributed by atoms with Crippen LogP contribution in [-0.4, -0.2) is 39.9 Å². The number of benzene rings is 2. The molecule has 164 valence electrons. The lowest BCUT2D eigenvalue weighted by molar-refractivity contribution is -0.116. The second-order valence-electron chi connectivity index (χ2n) is 7.90. The van der Waals surface area contributed by atoms with Crippen molar-refractivity contribution in [2.24, 2.45) is 0 Å². The number of rotatable bonds is 4. The first kappa shape index (κ1) is 19.9. The van der Waals surface area contributed by atoms with Crippen molar-refractivity contribution in [3.63, 3.8) is 0 Å². The van der Waals surface area contributed by atoms with Gasteiger partial charge in [-0.25, -0.2) is 4.68 Å². The van der Waals surface area contributed by atoms with Crippen LogP contribution < -0.4 is 20.5 Å². The standard InChI is InChI=1S/C23H23N5O4/c1-31-18-7-6-12(11-19(18)32-2)14-9-16-20(17(30)10-14)21(13-4-3-5-15(29)8-13)28-23(25-16)26-22(24)27-28/h3-8,11,14,21,29H,9-10H2,1-2H3,(H3,24,25,26,27)/t14-,21-/m1/s1. The number of nitrogens with one attached hydrogen (secondary N) is 1. The van der Waals surface area contributed by atoms with E-state index in [0.29, 0.717) is 35.9 Å². The molecule has 2 atom stereocenters. The van der Waals surface area contributed by atoms with Gasteiger partial charge < -0.3 is 25.6 Å². The Hall–Kier alpha value is -4.01. The normalized spacial score (nSPS) is 19.8. The van der Waals surface area contributed by atoms with Crippen LogP contribution >= 0.6 is 0 Å². The number of anilines is 2. The Balaban J connectivity index is 1.58. The molecule has 0 saturated carbocycles. The zero-order valence-corrected chi connectivity index (χ0v) is 17.7. The summed E-state index contributed by atoms with van der Waals surface area (Å²) in [7, 11) is 3.18. The van der Waals surface area contributed by atoms with E-state index in [4.69, 9.17) is 15.2 Å². The number of nitrogen functional groups attached to an aromatic ring is 1. The third kappa shape index (κ3) is 3.22. The number of fused-ring (bicyclic) bond motifs is 1. The Kier molecular flexibility index (Phi) is 4.73. The lowest BCUT2D eigenvalue weighted by Gasteiger charge is -2.35. The van der Waals surface area contributed by atoms with Crippen molar-refractivity contribution in [1.29, 1.82) is 0 Å². The van der Waals surface area contributed by atoms with Crippen LogP contribution in [0.2, 0.25) is 0 Å².